The largest absolute Gasteiger partial charge is 0.356 e. The van der Waals surface area contributed by atoms with E-state index in [1.807, 2.05) is 0 Å². The van der Waals surface area contributed by atoms with Crippen molar-refractivity contribution < 1.29 is 9.28 Å². The van der Waals surface area contributed by atoms with E-state index in [4.69, 9.17) is 0 Å². The van der Waals surface area contributed by atoms with Crippen LogP contribution in [0.25, 0.3) is 0 Å². The van der Waals surface area contributed by atoms with Crippen LogP contribution in [-0.2, 0) is 4.79 Å². The maximum absolute atomic E-state index is 11.9. The molecule has 0 aromatic carbocycles. The second-order valence-corrected chi connectivity index (χ2v) is 10.8. The number of hydrogen-bond acceptors (Lipinski definition) is 1. The number of quaternary nitrogens is 1. The van der Waals surface area contributed by atoms with Gasteiger partial charge in [0.25, 0.3) is 0 Å². The highest BCUT2D eigenvalue weighted by molar-refractivity contribution is 5.75. The van der Waals surface area contributed by atoms with Crippen LogP contribution < -0.4 is 5.32 Å². The molecule has 3 heteroatoms. The molecule has 0 saturated heterocycles. The van der Waals surface area contributed by atoms with Gasteiger partial charge in [0.05, 0.1) is 27.2 Å². The summed E-state index contributed by atoms with van der Waals surface area (Å²) in [4.78, 5) is 11.9. The Bertz CT molecular complexity index is 395. The van der Waals surface area contributed by atoms with Crippen LogP contribution in [0.4, 0.5) is 0 Å². The molecule has 0 rings (SSSR count). The highest BCUT2D eigenvalue weighted by atomic mass is 16.1. The number of nitrogens with one attached hydrogen (secondary N) is 1. The standard InChI is InChI=1S/C29H60N2O/c1-5-7-8-9-10-11-12-13-14-15-16-17-18-19-20-21-22-23-24-26-29(32)30-27-25-28-31(3,4)6-2/h5-28H2,1-4H3/p+1. The molecule has 0 aromatic heterocycles. The Balaban J connectivity index is 3.18. The van der Waals surface area contributed by atoms with Crippen LogP contribution in [0, 0.1) is 0 Å². The predicted octanol–water partition coefficient (Wildman–Crippen LogP) is 8.41. The summed E-state index contributed by atoms with van der Waals surface area (Å²) < 4.78 is 1.04. The van der Waals surface area contributed by atoms with Gasteiger partial charge in [0.2, 0.25) is 5.91 Å². The van der Waals surface area contributed by atoms with Crippen molar-refractivity contribution in [1.82, 2.24) is 5.32 Å². The van der Waals surface area contributed by atoms with Gasteiger partial charge in [0.15, 0.2) is 0 Å². The molecule has 32 heavy (non-hydrogen) atoms. The summed E-state index contributed by atoms with van der Waals surface area (Å²) in [5.41, 5.74) is 0. The van der Waals surface area contributed by atoms with Gasteiger partial charge in [-0.25, -0.2) is 0 Å². The zero-order valence-corrected chi connectivity index (χ0v) is 22.8. The molecular weight excluding hydrogens is 392 g/mol. The summed E-state index contributed by atoms with van der Waals surface area (Å²) in [5.74, 6) is 0.249. The first-order chi connectivity index (χ1) is 15.5. The van der Waals surface area contributed by atoms with E-state index in [1.54, 1.807) is 0 Å². The van der Waals surface area contributed by atoms with Crippen LogP contribution in [0.5, 0.6) is 0 Å². The fraction of sp³-hybridized carbons (Fsp3) is 0.966. The van der Waals surface area contributed by atoms with Crippen LogP contribution in [0.3, 0.4) is 0 Å². The van der Waals surface area contributed by atoms with E-state index in [0.717, 1.165) is 37.0 Å². The van der Waals surface area contributed by atoms with Crippen molar-refractivity contribution in [1.29, 1.82) is 0 Å². The highest BCUT2D eigenvalue weighted by Gasteiger charge is 2.10. The molecule has 192 valence electrons. The van der Waals surface area contributed by atoms with E-state index in [-0.39, 0.29) is 5.91 Å². The Morgan fingerprint density at radius 3 is 1.31 bits per heavy atom. The Hall–Kier alpha value is -0.570. The first-order valence-electron chi connectivity index (χ1n) is 14.6. The second kappa shape index (κ2) is 23.6. The van der Waals surface area contributed by atoms with Crippen molar-refractivity contribution in [3.8, 4) is 0 Å². The summed E-state index contributed by atoms with van der Waals surface area (Å²) in [7, 11) is 4.50. The monoisotopic (exact) mass is 453 g/mol. The van der Waals surface area contributed by atoms with Crippen molar-refractivity contribution in [3.05, 3.63) is 0 Å². The lowest BCUT2D eigenvalue weighted by Gasteiger charge is -2.28. The molecule has 0 saturated carbocycles. The lowest BCUT2D eigenvalue weighted by Crippen LogP contribution is -2.41. The molecule has 0 aromatic rings. The Kier molecular flexibility index (Phi) is 23.2. The third-order valence-corrected chi connectivity index (χ3v) is 7.13. The molecule has 0 atom stereocenters. The molecule has 0 heterocycles. The second-order valence-electron chi connectivity index (χ2n) is 10.8. The molecule has 1 N–H and O–H groups in total. The van der Waals surface area contributed by atoms with Crippen LogP contribution in [0.15, 0.2) is 0 Å². The number of carbonyl (C=O) groups is 1. The molecule has 0 bridgehead atoms. The average Bonchev–Trinajstić information content (AvgIpc) is 2.78. The van der Waals surface area contributed by atoms with Crippen LogP contribution >= 0.6 is 0 Å². The summed E-state index contributed by atoms with van der Waals surface area (Å²) >= 11 is 0. The highest BCUT2D eigenvalue weighted by Crippen LogP contribution is 2.14. The quantitative estimate of drug-likeness (QED) is 0.109. The van der Waals surface area contributed by atoms with Crippen molar-refractivity contribution in [2.75, 3.05) is 33.7 Å². The lowest BCUT2D eigenvalue weighted by atomic mass is 10.0. The number of carbonyl (C=O) groups excluding carboxylic acids is 1. The minimum atomic E-state index is 0.249. The minimum Gasteiger partial charge on any atom is -0.356 e. The molecule has 0 radical (unpaired) electrons. The van der Waals surface area contributed by atoms with E-state index in [0.29, 0.717) is 6.42 Å². The molecule has 0 spiro atoms. The van der Waals surface area contributed by atoms with Gasteiger partial charge < -0.3 is 9.80 Å². The number of rotatable bonds is 25. The smallest absolute Gasteiger partial charge is 0.219 e. The number of amides is 1. The summed E-state index contributed by atoms with van der Waals surface area (Å²) in [6, 6.07) is 0. The van der Waals surface area contributed by atoms with Gasteiger partial charge in [-0.1, -0.05) is 122 Å². The first-order valence-corrected chi connectivity index (χ1v) is 14.6. The van der Waals surface area contributed by atoms with Gasteiger partial charge in [0.1, 0.15) is 0 Å². The summed E-state index contributed by atoms with van der Waals surface area (Å²) in [6.45, 7) is 7.63. The predicted molar refractivity (Wildman–Crippen MR) is 143 cm³/mol. The Labute approximate surface area is 203 Å². The fourth-order valence-electron chi connectivity index (χ4n) is 4.35. The van der Waals surface area contributed by atoms with Crippen molar-refractivity contribution >= 4 is 5.91 Å². The topological polar surface area (TPSA) is 29.1 Å². The van der Waals surface area contributed by atoms with Crippen LogP contribution in [-0.4, -0.2) is 44.1 Å². The summed E-state index contributed by atoms with van der Waals surface area (Å²) in [6.07, 6.45) is 28.3. The van der Waals surface area contributed by atoms with Crippen LogP contribution in [0.2, 0.25) is 0 Å². The SMILES string of the molecule is CCCCCCCCCCCCCCCCCCCCCC(=O)NCCC[N+](C)(C)CC. The van der Waals surface area contributed by atoms with Crippen molar-refractivity contribution in [2.24, 2.45) is 0 Å². The van der Waals surface area contributed by atoms with Gasteiger partial charge in [0, 0.05) is 19.4 Å². The van der Waals surface area contributed by atoms with Crippen LogP contribution in [0.1, 0.15) is 149 Å². The minimum absolute atomic E-state index is 0.249. The van der Waals surface area contributed by atoms with E-state index in [1.165, 1.54) is 116 Å². The maximum Gasteiger partial charge on any atom is 0.219 e. The number of unbranched alkanes of at least 4 members (excludes halogenated alkanes) is 18. The van der Waals surface area contributed by atoms with E-state index in [2.05, 4.69) is 33.3 Å². The third kappa shape index (κ3) is 24.1. The van der Waals surface area contributed by atoms with Crippen molar-refractivity contribution in [3.63, 3.8) is 0 Å². The average molecular weight is 454 g/mol. The Morgan fingerprint density at radius 1 is 0.562 bits per heavy atom. The molecule has 0 fully saturated rings. The van der Waals surface area contributed by atoms with Crippen molar-refractivity contribution in [2.45, 2.75) is 149 Å². The molecule has 3 nitrogen and oxygen atoms in total. The van der Waals surface area contributed by atoms with Gasteiger partial charge in [-0.2, -0.15) is 0 Å². The van der Waals surface area contributed by atoms with Gasteiger partial charge >= 0.3 is 0 Å². The maximum atomic E-state index is 11.9. The molecule has 0 unspecified atom stereocenters. The lowest BCUT2D eigenvalue weighted by molar-refractivity contribution is -0.888. The first kappa shape index (κ1) is 31.4. The van der Waals surface area contributed by atoms with E-state index in [9.17, 15) is 4.79 Å². The molecule has 0 aliphatic carbocycles. The van der Waals surface area contributed by atoms with Gasteiger partial charge in [-0.05, 0) is 13.3 Å². The number of nitrogens with zero attached hydrogens (tertiary/aromatic N) is 1. The fourth-order valence-corrected chi connectivity index (χ4v) is 4.35. The zero-order valence-electron chi connectivity index (χ0n) is 22.8. The Morgan fingerprint density at radius 2 is 0.938 bits per heavy atom. The molecular formula is C29H61N2O+. The van der Waals surface area contributed by atoms with E-state index >= 15 is 0 Å². The molecule has 0 aliphatic heterocycles. The summed E-state index contributed by atoms with van der Waals surface area (Å²) in [5, 5.41) is 3.09. The molecule has 1 amide bonds. The number of hydrogen-bond donors (Lipinski definition) is 1. The zero-order chi connectivity index (χ0) is 23.8. The normalized spacial score (nSPS) is 11.8. The van der Waals surface area contributed by atoms with Gasteiger partial charge in [-0.3, -0.25) is 4.79 Å². The van der Waals surface area contributed by atoms with Gasteiger partial charge in [-0.15, -0.1) is 0 Å². The molecule has 0 aliphatic rings. The third-order valence-electron chi connectivity index (χ3n) is 7.13. The van der Waals surface area contributed by atoms with E-state index < -0.39 is 0 Å².